The summed E-state index contributed by atoms with van der Waals surface area (Å²) in [5, 5.41) is 15.8. The SMILES string of the molecule is Cc1ccccc1C(=O)NCC(=O)OCC(=O)Nc1cccc([N+](=O)[O-])c1C. The van der Waals surface area contributed by atoms with Crippen LogP contribution in [-0.4, -0.2) is 35.9 Å². The van der Waals surface area contributed by atoms with Crippen molar-refractivity contribution in [2.45, 2.75) is 13.8 Å². The molecule has 2 aromatic carbocycles. The number of aryl methyl sites for hydroxylation is 1. The van der Waals surface area contributed by atoms with Gasteiger partial charge in [-0.2, -0.15) is 0 Å². The van der Waals surface area contributed by atoms with Crippen LogP contribution < -0.4 is 10.6 Å². The lowest BCUT2D eigenvalue weighted by Crippen LogP contribution is -2.32. The van der Waals surface area contributed by atoms with Gasteiger partial charge in [0, 0.05) is 11.6 Å². The standard InChI is InChI=1S/C19H19N3O6/c1-12-6-3-4-7-14(12)19(25)20-10-18(24)28-11-17(23)21-15-8-5-9-16(13(15)2)22(26)27/h3-9H,10-11H2,1-2H3,(H,20,25)(H,21,23). The predicted octanol–water partition coefficient (Wildman–Crippen LogP) is 2.12. The maximum Gasteiger partial charge on any atom is 0.325 e. The molecule has 0 atom stereocenters. The van der Waals surface area contributed by atoms with E-state index < -0.39 is 35.9 Å². The molecule has 0 aliphatic rings. The van der Waals surface area contributed by atoms with Crippen LogP contribution in [0, 0.1) is 24.0 Å². The van der Waals surface area contributed by atoms with Gasteiger partial charge in [0.1, 0.15) is 6.54 Å². The van der Waals surface area contributed by atoms with Gasteiger partial charge < -0.3 is 15.4 Å². The minimum absolute atomic E-state index is 0.131. The predicted molar refractivity (Wildman–Crippen MR) is 101 cm³/mol. The lowest BCUT2D eigenvalue weighted by Gasteiger charge is -2.10. The summed E-state index contributed by atoms with van der Waals surface area (Å²) in [6.07, 6.45) is 0. The Morgan fingerprint density at radius 1 is 1.07 bits per heavy atom. The molecule has 0 fully saturated rings. The molecule has 9 nitrogen and oxygen atoms in total. The second-order valence-corrected chi connectivity index (χ2v) is 5.91. The van der Waals surface area contributed by atoms with Gasteiger partial charge in [-0.15, -0.1) is 0 Å². The van der Waals surface area contributed by atoms with E-state index in [1.807, 2.05) is 0 Å². The summed E-state index contributed by atoms with van der Waals surface area (Å²) in [6.45, 7) is 2.30. The Balaban J connectivity index is 1.82. The van der Waals surface area contributed by atoms with Crippen LogP contribution in [0.1, 0.15) is 21.5 Å². The van der Waals surface area contributed by atoms with Gasteiger partial charge in [0.2, 0.25) is 0 Å². The van der Waals surface area contributed by atoms with Crippen molar-refractivity contribution < 1.29 is 24.0 Å². The van der Waals surface area contributed by atoms with Crippen molar-refractivity contribution in [1.82, 2.24) is 5.32 Å². The Morgan fingerprint density at radius 3 is 2.46 bits per heavy atom. The van der Waals surface area contributed by atoms with E-state index >= 15 is 0 Å². The minimum Gasteiger partial charge on any atom is -0.454 e. The normalized spacial score (nSPS) is 10.1. The van der Waals surface area contributed by atoms with Crippen LogP contribution in [0.15, 0.2) is 42.5 Å². The van der Waals surface area contributed by atoms with Gasteiger partial charge in [-0.05, 0) is 31.5 Å². The minimum atomic E-state index is -0.784. The highest BCUT2D eigenvalue weighted by atomic mass is 16.6. The highest BCUT2D eigenvalue weighted by Gasteiger charge is 2.16. The largest absolute Gasteiger partial charge is 0.454 e. The Kier molecular flexibility index (Phi) is 6.80. The van der Waals surface area contributed by atoms with Crippen molar-refractivity contribution >= 4 is 29.2 Å². The van der Waals surface area contributed by atoms with Crippen LogP contribution in [0.4, 0.5) is 11.4 Å². The van der Waals surface area contributed by atoms with E-state index in [9.17, 15) is 24.5 Å². The molecular formula is C19H19N3O6. The summed E-state index contributed by atoms with van der Waals surface area (Å²) in [4.78, 5) is 46.0. The molecule has 0 aliphatic carbocycles. The maximum absolute atomic E-state index is 12.0. The van der Waals surface area contributed by atoms with E-state index in [4.69, 9.17) is 4.74 Å². The third-order valence-corrected chi connectivity index (χ3v) is 3.92. The Bertz CT molecular complexity index is 926. The summed E-state index contributed by atoms with van der Waals surface area (Å²) < 4.78 is 4.81. The second kappa shape index (κ2) is 9.26. The van der Waals surface area contributed by atoms with Gasteiger partial charge >= 0.3 is 5.97 Å². The zero-order valence-corrected chi connectivity index (χ0v) is 15.4. The fraction of sp³-hybridized carbons (Fsp3) is 0.211. The number of esters is 1. The number of nitrogens with zero attached hydrogens (tertiary/aromatic N) is 1. The molecule has 2 rings (SSSR count). The van der Waals surface area contributed by atoms with Crippen LogP contribution in [0.3, 0.4) is 0 Å². The van der Waals surface area contributed by atoms with E-state index in [-0.39, 0.29) is 16.9 Å². The number of benzene rings is 2. The lowest BCUT2D eigenvalue weighted by molar-refractivity contribution is -0.385. The Hall–Kier alpha value is -3.75. The average Bonchev–Trinajstić information content (AvgIpc) is 2.66. The van der Waals surface area contributed by atoms with Crippen molar-refractivity contribution in [2.24, 2.45) is 0 Å². The molecule has 0 aliphatic heterocycles. The first-order chi connectivity index (χ1) is 13.3. The average molecular weight is 385 g/mol. The van der Waals surface area contributed by atoms with E-state index in [0.717, 1.165) is 5.56 Å². The van der Waals surface area contributed by atoms with E-state index in [2.05, 4.69) is 10.6 Å². The van der Waals surface area contributed by atoms with Crippen molar-refractivity contribution in [3.63, 3.8) is 0 Å². The number of carbonyl (C=O) groups is 3. The van der Waals surface area contributed by atoms with Gasteiger partial charge in [0.25, 0.3) is 17.5 Å². The number of nitrogens with one attached hydrogen (secondary N) is 2. The fourth-order valence-corrected chi connectivity index (χ4v) is 2.42. The van der Waals surface area contributed by atoms with Crippen LogP contribution in [0.5, 0.6) is 0 Å². The number of nitro benzene ring substituents is 1. The summed E-state index contributed by atoms with van der Waals surface area (Å²) >= 11 is 0. The number of hydrogen-bond acceptors (Lipinski definition) is 6. The van der Waals surface area contributed by atoms with Crippen LogP contribution >= 0.6 is 0 Å². The van der Waals surface area contributed by atoms with Crippen molar-refractivity contribution in [2.75, 3.05) is 18.5 Å². The molecule has 9 heteroatoms. The molecule has 2 N–H and O–H groups in total. The molecule has 2 amide bonds. The zero-order valence-electron chi connectivity index (χ0n) is 15.4. The zero-order chi connectivity index (χ0) is 20.7. The molecule has 0 spiro atoms. The smallest absolute Gasteiger partial charge is 0.325 e. The Labute approximate surface area is 160 Å². The van der Waals surface area contributed by atoms with Crippen LogP contribution in [0.25, 0.3) is 0 Å². The van der Waals surface area contributed by atoms with Crippen molar-refractivity contribution in [3.05, 3.63) is 69.3 Å². The first-order valence-corrected chi connectivity index (χ1v) is 8.33. The van der Waals surface area contributed by atoms with E-state index in [1.54, 1.807) is 31.2 Å². The van der Waals surface area contributed by atoms with Crippen molar-refractivity contribution in [1.29, 1.82) is 0 Å². The molecule has 0 bridgehead atoms. The number of ether oxygens (including phenoxy) is 1. The molecule has 0 unspecified atom stereocenters. The molecule has 28 heavy (non-hydrogen) atoms. The number of rotatable bonds is 7. The van der Waals surface area contributed by atoms with Gasteiger partial charge in [-0.3, -0.25) is 24.5 Å². The molecule has 0 radical (unpaired) electrons. The maximum atomic E-state index is 12.0. The number of amides is 2. The quantitative estimate of drug-likeness (QED) is 0.427. The summed E-state index contributed by atoms with van der Waals surface area (Å²) in [7, 11) is 0. The van der Waals surface area contributed by atoms with Crippen LogP contribution in [-0.2, 0) is 14.3 Å². The topological polar surface area (TPSA) is 128 Å². The van der Waals surface area contributed by atoms with E-state index in [0.29, 0.717) is 5.56 Å². The summed E-state index contributed by atoms with van der Waals surface area (Å²) in [5.74, 6) is -1.86. The second-order valence-electron chi connectivity index (χ2n) is 5.91. The third-order valence-electron chi connectivity index (χ3n) is 3.92. The van der Waals surface area contributed by atoms with Gasteiger partial charge in [-0.25, -0.2) is 0 Å². The summed E-state index contributed by atoms with van der Waals surface area (Å²) in [6, 6.07) is 11.2. The molecule has 0 heterocycles. The molecular weight excluding hydrogens is 366 g/mol. The number of nitro groups is 1. The first kappa shape index (κ1) is 20.6. The highest BCUT2D eigenvalue weighted by Crippen LogP contribution is 2.24. The Morgan fingerprint density at radius 2 is 1.79 bits per heavy atom. The van der Waals surface area contributed by atoms with Gasteiger partial charge in [0.15, 0.2) is 6.61 Å². The molecule has 0 aromatic heterocycles. The monoisotopic (exact) mass is 385 g/mol. The summed E-state index contributed by atoms with van der Waals surface area (Å²) in [5.41, 5.74) is 1.61. The van der Waals surface area contributed by atoms with Crippen molar-refractivity contribution in [3.8, 4) is 0 Å². The molecule has 0 saturated carbocycles. The fourth-order valence-electron chi connectivity index (χ4n) is 2.42. The van der Waals surface area contributed by atoms with Gasteiger partial charge in [0.05, 0.1) is 16.2 Å². The van der Waals surface area contributed by atoms with E-state index in [1.165, 1.54) is 25.1 Å². The first-order valence-electron chi connectivity index (χ1n) is 8.33. The lowest BCUT2D eigenvalue weighted by atomic mass is 10.1. The number of carbonyl (C=O) groups excluding carboxylic acids is 3. The van der Waals surface area contributed by atoms with Gasteiger partial charge in [-0.1, -0.05) is 24.3 Å². The highest BCUT2D eigenvalue weighted by molar-refractivity contribution is 5.97. The number of anilines is 1. The number of hydrogen-bond donors (Lipinski definition) is 2. The third kappa shape index (κ3) is 5.37. The molecule has 2 aromatic rings. The molecule has 146 valence electrons. The molecule has 0 saturated heterocycles. The van der Waals surface area contributed by atoms with Crippen LogP contribution in [0.2, 0.25) is 0 Å².